The average Bonchev–Trinajstić information content (AvgIpc) is 2.61. The minimum Gasteiger partial charge on any atom is -0.494 e. The van der Waals surface area contributed by atoms with Gasteiger partial charge in [-0.2, -0.15) is 0 Å². The third kappa shape index (κ3) is 5.89. The zero-order chi connectivity index (χ0) is 18.3. The summed E-state index contributed by atoms with van der Waals surface area (Å²) in [6, 6.07) is 13.6. The first-order valence-corrected chi connectivity index (χ1v) is 8.80. The smallest absolute Gasteiger partial charge is 0.226 e. The molecule has 0 aliphatic rings. The van der Waals surface area contributed by atoms with E-state index in [4.69, 9.17) is 4.74 Å². The molecular formula is C21H28N2O2. The van der Waals surface area contributed by atoms with E-state index in [0.717, 1.165) is 24.3 Å². The fourth-order valence-electron chi connectivity index (χ4n) is 2.55. The number of carbonyl (C=O) groups is 1. The third-order valence-corrected chi connectivity index (χ3v) is 4.33. The van der Waals surface area contributed by atoms with E-state index in [1.54, 1.807) is 6.20 Å². The average molecular weight is 340 g/mol. The Morgan fingerprint density at radius 3 is 2.56 bits per heavy atom. The highest BCUT2D eigenvalue weighted by Gasteiger charge is 2.28. The lowest BCUT2D eigenvalue weighted by Gasteiger charge is -2.26. The Morgan fingerprint density at radius 2 is 1.92 bits per heavy atom. The number of amides is 1. The largest absolute Gasteiger partial charge is 0.494 e. The van der Waals surface area contributed by atoms with Crippen LogP contribution < -0.4 is 10.1 Å². The number of hydrogen-bond acceptors (Lipinski definition) is 3. The summed E-state index contributed by atoms with van der Waals surface area (Å²) in [5.41, 5.74) is 1.64. The molecule has 0 spiro atoms. The van der Waals surface area contributed by atoms with Crippen molar-refractivity contribution in [2.75, 3.05) is 6.61 Å². The monoisotopic (exact) mass is 340 g/mol. The molecule has 0 aliphatic heterocycles. The molecule has 0 radical (unpaired) electrons. The van der Waals surface area contributed by atoms with E-state index in [-0.39, 0.29) is 11.9 Å². The summed E-state index contributed by atoms with van der Waals surface area (Å²) < 4.78 is 5.74. The Bertz CT molecular complexity index is 666. The lowest BCUT2D eigenvalue weighted by molar-refractivity contribution is -0.130. The van der Waals surface area contributed by atoms with Crippen LogP contribution in [0, 0.1) is 12.3 Å². The van der Waals surface area contributed by atoms with Crippen LogP contribution in [0.3, 0.4) is 0 Å². The molecule has 134 valence electrons. The number of rotatable bonds is 8. The summed E-state index contributed by atoms with van der Waals surface area (Å²) in [5.74, 6) is 0.914. The molecule has 0 saturated carbocycles. The normalized spacial score (nSPS) is 12.5. The van der Waals surface area contributed by atoms with Crippen LogP contribution in [0.1, 0.15) is 50.9 Å². The second-order valence-electron chi connectivity index (χ2n) is 7.10. The highest BCUT2D eigenvalue weighted by molar-refractivity contribution is 5.82. The molecular weight excluding hydrogens is 312 g/mol. The highest BCUT2D eigenvalue weighted by atomic mass is 16.5. The Labute approximate surface area is 150 Å². The van der Waals surface area contributed by atoms with E-state index in [2.05, 4.69) is 17.2 Å². The molecule has 0 fully saturated rings. The molecule has 0 aliphatic carbocycles. The number of nitrogens with one attached hydrogen (secondary N) is 1. The fourth-order valence-corrected chi connectivity index (χ4v) is 2.55. The molecule has 2 aromatic rings. The molecule has 4 nitrogen and oxygen atoms in total. The summed E-state index contributed by atoms with van der Waals surface area (Å²) in [6.07, 6.45) is 3.33. The van der Waals surface area contributed by atoms with E-state index in [9.17, 15) is 4.79 Å². The zero-order valence-corrected chi connectivity index (χ0v) is 15.6. The molecule has 0 bridgehead atoms. The van der Waals surface area contributed by atoms with Gasteiger partial charge in [0, 0.05) is 11.6 Å². The predicted octanol–water partition coefficient (Wildman–Crippen LogP) is 4.45. The number of benzene rings is 1. The number of carbonyl (C=O) groups excluding carboxylic acids is 1. The maximum atomic E-state index is 12.6. The molecule has 1 heterocycles. The molecule has 1 amide bonds. The Hall–Kier alpha value is -2.36. The Balaban J connectivity index is 1.77. The van der Waals surface area contributed by atoms with Gasteiger partial charge in [-0.15, -0.1) is 0 Å². The number of pyridine rings is 1. The van der Waals surface area contributed by atoms with E-state index in [0.29, 0.717) is 6.61 Å². The van der Waals surface area contributed by atoms with Gasteiger partial charge in [-0.25, -0.2) is 0 Å². The first kappa shape index (κ1) is 19.0. The topological polar surface area (TPSA) is 51.2 Å². The lowest BCUT2D eigenvalue weighted by atomic mass is 9.86. The van der Waals surface area contributed by atoms with Crippen molar-refractivity contribution in [3.63, 3.8) is 0 Å². The van der Waals surface area contributed by atoms with Crippen LogP contribution in [-0.4, -0.2) is 17.5 Å². The fraction of sp³-hybridized carbons (Fsp3) is 0.429. The van der Waals surface area contributed by atoms with Gasteiger partial charge in [0.2, 0.25) is 5.91 Å². The van der Waals surface area contributed by atoms with E-state index in [1.165, 1.54) is 5.56 Å². The molecule has 1 aromatic heterocycles. The van der Waals surface area contributed by atoms with Crippen molar-refractivity contribution in [3.8, 4) is 5.75 Å². The number of ether oxygens (including phenoxy) is 1. The van der Waals surface area contributed by atoms with Gasteiger partial charge in [0.05, 0.1) is 18.3 Å². The molecule has 1 aromatic carbocycles. The van der Waals surface area contributed by atoms with Gasteiger partial charge < -0.3 is 10.1 Å². The summed E-state index contributed by atoms with van der Waals surface area (Å²) in [4.78, 5) is 16.9. The molecule has 1 unspecified atom stereocenters. The van der Waals surface area contributed by atoms with E-state index >= 15 is 0 Å². The van der Waals surface area contributed by atoms with Crippen LogP contribution in [0.25, 0.3) is 0 Å². The van der Waals surface area contributed by atoms with Crippen molar-refractivity contribution >= 4 is 5.91 Å². The van der Waals surface area contributed by atoms with Crippen molar-refractivity contribution in [2.24, 2.45) is 5.41 Å². The Kier molecular flexibility index (Phi) is 6.57. The number of hydrogen-bond donors (Lipinski definition) is 1. The maximum absolute atomic E-state index is 12.6. The van der Waals surface area contributed by atoms with E-state index < -0.39 is 5.41 Å². The van der Waals surface area contributed by atoms with Crippen molar-refractivity contribution < 1.29 is 9.53 Å². The van der Waals surface area contributed by atoms with Crippen LogP contribution in [0.2, 0.25) is 0 Å². The van der Waals surface area contributed by atoms with Gasteiger partial charge in [0.1, 0.15) is 5.75 Å². The first-order valence-electron chi connectivity index (χ1n) is 8.80. The summed E-state index contributed by atoms with van der Waals surface area (Å²) in [6.45, 7) is 8.56. The Morgan fingerprint density at radius 1 is 1.20 bits per heavy atom. The molecule has 25 heavy (non-hydrogen) atoms. The zero-order valence-electron chi connectivity index (χ0n) is 15.6. The number of aromatic nitrogens is 1. The van der Waals surface area contributed by atoms with Gasteiger partial charge in [0.15, 0.2) is 0 Å². The minimum absolute atomic E-state index is 0.0426. The third-order valence-electron chi connectivity index (χ3n) is 4.33. The van der Waals surface area contributed by atoms with E-state index in [1.807, 2.05) is 63.2 Å². The predicted molar refractivity (Wildman–Crippen MR) is 100 cm³/mol. The molecule has 1 N–H and O–H groups in total. The molecule has 4 heteroatoms. The quantitative estimate of drug-likeness (QED) is 0.722. The van der Waals surface area contributed by atoms with Crippen LogP contribution in [0.15, 0.2) is 48.7 Å². The maximum Gasteiger partial charge on any atom is 0.226 e. The molecule has 0 saturated heterocycles. The highest BCUT2D eigenvalue weighted by Crippen LogP contribution is 2.24. The molecule has 2 rings (SSSR count). The second kappa shape index (κ2) is 8.65. The summed E-state index contributed by atoms with van der Waals surface area (Å²) in [7, 11) is 0. The van der Waals surface area contributed by atoms with Gasteiger partial charge >= 0.3 is 0 Å². The number of aryl methyl sites for hydroxylation is 1. The number of nitrogens with zero attached hydrogens (tertiary/aromatic N) is 1. The van der Waals surface area contributed by atoms with Crippen LogP contribution in [-0.2, 0) is 4.79 Å². The summed E-state index contributed by atoms with van der Waals surface area (Å²) in [5, 5.41) is 3.06. The van der Waals surface area contributed by atoms with Crippen LogP contribution in [0.4, 0.5) is 0 Å². The summed E-state index contributed by atoms with van der Waals surface area (Å²) >= 11 is 0. The van der Waals surface area contributed by atoms with Gasteiger partial charge in [-0.05, 0) is 51.0 Å². The van der Waals surface area contributed by atoms with Crippen molar-refractivity contribution in [2.45, 2.75) is 46.6 Å². The van der Waals surface area contributed by atoms with Crippen molar-refractivity contribution in [1.29, 1.82) is 0 Å². The van der Waals surface area contributed by atoms with Crippen molar-refractivity contribution in [1.82, 2.24) is 10.3 Å². The molecule has 1 atom stereocenters. The van der Waals surface area contributed by atoms with Crippen LogP contribution >= 0.6 is 0 Å². The minimum atomic E-state index is -0.445. The lowest BCUT2D eigenvalue weighted by Crippen LogP contribution is -2.38. The van der Waals surface area contributed by atoms with Crippen LogP contribution in [0.5, 0.6) is 5.75 Å². The second-order valence-corrected chi connectivity index (χ2v) is 7.10. The van der Waals surface area contributed by atoms with Gasteiger partial charge in [0.25, 0.3) is 0 Å². The van der Waals surface area contributed by atoms with Crippen molar-refractivity contribution in [3.05, 3.63) is 59.9 Å². The standard InChI is InChI=1S/C21H28N2O2/c1-16-9-11-18(12-10-16)25-15-7-13-21(3,4)20(24)23-17(2)19-8-5-6-14-22-19/h5-6,8-12,14,17H,7,13,15H2,1-4H3,(H,23,24). The first-order chi connectivity index (χ1) is 11.9. The SMILES string of the molecule is Cc1ccc(OCCCC(C)(C)C(=O)NC(C)c2ccccn2)cc1. The van der Waals surface area contributed by atoms with Gasteiger partial charge in [-0.1, -0.05) is 37.6 Å². The van der Waals surface area contributed by atoms with Gasteiger partial charge in [-0.3, -0.25) is 9.78 Å².